The van der Waals surface area contributed by atoms with Crippen molar-refractivity contribution < 1.29 is 9.53 Å². The van der Waals surface area contributed by atoms with Gasteiger partial charge in [-0.15, -0.1) is 0 Å². The van der Waals surface area contributed by atoms with Crippen molar-refractivity contribution in [2.45, 2.75) is 45.7 Å². The van der Waals surface area contributed by atoms with Gasteiger partial charge in [0.25, 0.3) is 5.91 Å². The van der Waals surface area contributed by atoms with Crippen LogP contribution < -0.4 is 15.4 Å². The molecule has 0 aliphatic carbocycles. The number of ether oxygens (including phenoxy) is 1. The third-order valence-corrected chi connectivity index (χ3v) is 5.03. The molecule has 0 fully saturated rings. The molecule has 0 bridgehead atoms. The van der Waals surface area contributed by atoms with Gasteiger partial charge in [-0.05, 0) is 53.9 Å². The number of rotatable bonds is 12. The third kappa shape index (κ3) is 7.91. The summed E-state index contributed by atoms with van der Waals surface area (Å²) in [4.78, 5) is 12.5. The fourth-order valence-electron chi connectivity index (χ4n) is 3.22. The zero-order chi connectivity index (χ0) is 21.7. The van der Waals surface area contributed by atoms with Crippen molar-refractivity contribution in [3.63, 3.8) is 0 Å². The minimum Gasteiger partial charge on any atom is -0.494 e. The highest BCUT2D eigenvalue weighted by Crippen LogP contribution is 2.16. The fraction of sp³-hybridized carbons (Fsp3) is 0.296. The molecule has 4 nitrogen and oxygen atoms in total. The van der Waals surface area contributed by atoms with Crippen LogP contribution in [0, 0.1) is 0 Å². The lowest BCUT2D eigenvalue weighted by molar-refractivity contribution is 0.102. The van der Waals surface area contributed by atoms with E-state index in [2.05, 4.69) is 29.7 Å². The van der Waals surface area contributed by atoms with Gasteiger partial charge in [-0.2, -0.15) is 0 Å². The largest absolute Gasteiger partial charge is 0.494 e. The Kier molecular flexibility index (Phi) is 9.14. The summed E-state index contributed by atoms with van der Waals surface area (Å²) in [6.07, 6.45) is 4.71. The number of nitrogens with one attached hydrogen (secondary N) is 1. The molecular weight excluding hydrogens is 384 g/mol. The number of nitrogens with zero attached hydrogens (tertiary/aromatic N) is 1. The molecule has 31 heavy (non-hydrogen) atoms. The minimum absolute atomic E-state index is 0.129. The standard InChI is InChI=1S/C27H31N2O2/c1-2-3-4-8-19-31-26-17-13-24(14-18-26)27(30)29-25-15-11-23(12-16-25)21-28-20-22-9-6-5-7-10-22/h5-7,9-18H,2-4,8,19-21H2,1H3,(H,29,30). The molecule has 0 aliphatic heterocycles. The molecule has 1 radical (unpaired) electrons. The predicted molar refractivity (Wildman–Crippen MR) is 126 cm³/mol. The van der Waals surface area contributed by atoms with E-state index in [4.69, 9.17) is 4.74 Å². The first-order valence-corrected chi connectivity index (χ1v) is 11.0. The summed E-state index contributed by atoms with van der Waals surface area (Å²) in [5, 5.41) is 7.54. The normalized spacial score (nSPS) is 10.6. The number of unbranched alkanes of at least 4 members (excludes halogenated alkanes) is 3. The van der Waals surface area contributed by atoms with E-state index in [1.807, 2.05) is 54.6 Å². The molecule has 1 N–H and O–H groups in total. The number of amides is 1. The van der Waals surface area contributed by atoms with Gasteiger partial charge in [-0.3, -0.25) is 4.79 Å². The van der Waals surface area contributed by atoms with E-state index in [0.29, 0.717) is 18.7 Å². The summed E-state index contributed by atoms with van der Waals surface area (Å²) in [6.45, 7) is 4.28. The Morgan fingerprint density at radius 3 is 2.16 bits per heavy atom. The van der Waals surface area contributed by atoms with Gasteiger partial charge < -0.3 is 10.1 Å². The van der Waals surface area contributed by atoms with Crippen LogP contribution in [0.5, 0.6) is 5.75 Å². The first kappa shape index (κ1) is 22.6. The monoisotopic (exact) mass is 415 g/mol. The van der Waals surface area contributed by atoms with Crippen molar-refractivity contribution in [2.24, 2.45) is 0 Å². The second-order valence-electron chi connectivity index (χ2n) is 7.61. The molecule has 4 heteroatoms. The van der Waals surface area contributed by atoms with Gasteiger partial charge in [0.2, 0.25) is 0 Å². The molecule has 3 aromatic carbocycles. The predicted octanol–water partition coefficient (Wildman–Crippen LogP) is 6.20. The highest BCUT2D eigenvalue weighted by Gasteiger charge is 2.07. The van der Waals surface area contributed by atoms with Crippen LogP contribution in [0.3, 0.4) is 0 Å². The number of hydrogen-bond acceptors (Lipinski definition) is 2. The number of hydrogen-bond donors (Lipinski definition) is 1. The minimum atomic E-state index is -0.129. The molecule has 3 aromatic rings. The van der Waals surface area contributed by atoms with Crippen molar-refractivity contribution in [1.82, 2.24) is 5.32 Å². The van der Waals surface area contributed by atoms with Gasteiger partial charge in [0.15, 0.2) is 0 Å². The maximum absolute atomic E-state index is 12.5. The highest BCUT2D eigenvalue weighted by molar-refractivity contribution is 6.04. The maximum atomic E-state index is 12.5. The van der Waals surface area contributed by atoms with Crippen LogP contribution in [0.2, 0.25) is 0 Å². The van der Waals surface area contributed by atoms with Crippen LogP contribution in [0.25, 0.3) is 0 Å². The Morgan fingerprint density at radius 1 is 0.806 bits per heavy atom. The molecule has 1 amide bonds. The average Bonchev–Trinajstić information content (AvgIpc) is 2.81. The van der Waals surface area contributed by atoms with E-state index < -0.39 is 0 Å². The second kappa shape index (κ2) is 12.6. The number of anilines is 1. The van der Waals surface area contributed by atoms with Gasteiger partial charge in [0.05, 0.1) is 6.61 Å². The Morgan fingerprint density at radius 2 is 1.48 bits per heavy atom. The number of carbonyl (C=O) groups is 1. The number of carbonyl (C=O) groups excluding carboxylic acids is 1. The van der Waals surface area contributed by atoms with Crippen molar-refractivity contribution in [1.29, 1.82) is 0 Å². The molecule has 0 saturated carbocycles. The molecule has 0 heterocycles. The zero-order valence-electron chi connectivity index (χ0n) is 18.2. The molecule has 0 aromatic heterocycles. The van der Waals surface area contributed by atoms with Crippen LogP contribution in [-0.4, -0.2) is 12.5 Å². The molecular formula is C27H31N2O2. The topological polar surface area (TPSA) is 52.4 Å². The lowest BCUT2D eigenvalue weighted by Crippen LogP contribution is -2.12. The van der Waals surface area contributed by atoms with Crippen LogP contribution in [0.1, 0.15) is 54.1 Å². The van der Waals surface area contributed by atoms with Crippen molar-refractivity contribution >= 4 is 11.6 Å². The van der Waals surface area contributed by atoms with E-state index >= 15 is 0 Å². The van der Waals surface area contributed by atoms with E-state index in [9.17, 15) is 4.79 Å². The van der Waals surface area contributed by atoms with Gasteiger partial charge >= 0.3 is 0 Å². The number of benzene rings is 3. The van der Waals surface area contributed by atoms with Crippen LogP contribution in [-0.2, 0) is 13.1 Å². The Balaban J connectivity index is 1.42. The molecule has 0 aliphatic rings. The van der Waals surface area contributed by atoms with Crippen molar-refractivity contribution in [3.8, 4) is 5.75 Å². The van der Waals surface area contributed by atoms with Crippen molar-refractivity contribution in [3.05, 3.63) is 95.6 Å². The van der Waals surface area contributed by atoms with E-state index in [0.717, 1.165) is 30.0 Å². The summed E-state index contributed by atoms with van der Waals surface area (Å²) in [5.74, 6) is 0.674. The zero-order valence-corrected chi connectivity index (χ0v) is 18.2. The molecule has 0 saturated heterocycles. The lowest BCUT2D eigenvalue weighted by Gasteiger charge is -2.09. The Hall–Kier alpha value is -3.11. The van der Waals surface area contributed by atoms with Crippen LogP contribution >= 0.6 is 0 Å². The van der Waals surface area contributed by atoms with Gasteiger partial charge in [0.1, 0.15) is 5.75 Å². The Bertz CT molecular complexity index is 906. The first-order chi connectivity index (χ1) is 15.2. The summed E-state index contributed by atoms with van der Waals surface area (Å²) in [5.41, 5.74) is 3.71. The smallest absolute Gasteiger partial charge is 0.255 e. The quantitative estimate of drug-likeness (QED) is 0.358. The van der Waals surface area contributed by atoms with E-state index in [1.54, 1.807) is 12.1 Å². The highest BCUT2D eigenvalue weighted by atomic mass is 16.5. The summed E-state index contributed by atoms with van der Waals surface area (Å²) >= 11 is 0. The summed E-state index contributed by atoms with van der Waals surface area (Å²) in [7, 11) is 0. The molecule has 0 spiro atoms. The summed E-state index contributed by atoms with van der Waals surface area (Å²) < 4.78 is 5.74. The van der Waals surface area contributed by atoms with Crippen LogP contribution in [0.4, 0.5) is 5.69 Å². The van der Waals surface area contributed by atoms with Gasteiger partial charge in [0, 0.05) is 24.3 Å². The Labute approximate surface area is 185 Å². The van der Waals surface area contributed by atoms with Gasteiger partial charge in [-0.25, -0.2) is 5.32 Å². The summed E-state index contributed by atoms with van der Waals surface area (Å²) in [6, 6.07) is 25.3. The molecule has 3 rings (SSSR count). The second-order valence-corrected chi connectivity index (χ2v) is 7.61. The van der Waals surface area contributed by atoms with Gasteiger partial charge in [-0.1, -0.05) is 68.7 Å². The maximum Gasteiger partial charge on any atom is 0.255 e. The molecule has 0 atom stereocenters. The lowest BCUT2D eigenvalue weighted by atomic mass is 10.1. The molecule has 161 valence electrons. The fourth-order valence-corrected chi connectivity index (χ4v) is 3.22. The SMILES string of the molecule is CCCCCCOc1ccc(C(=O)Nc2ccc(C[N]Cc3ccccc3)cc2)cc1. The van der Waals surface area contributed by atoms with E-state index in [1.165, 1.54) is 24.8 Å². The van der Waals surface area contributed by atoms with E-state index in [-0.39, 0.29) is 5.91 Å². The van der Waals surface area contributed by atoms with Crippen LogP contribution in [0.15, 0.2) is 78.9 Å². The van der Waals surface area contributed by atoms with Crippen molar-refractivity contribution in [2.75, 3.05) is 11.9 Å². The third-order valence-electron chi connectivity index (χ3n) is 5.03. The average molecular weight is 416 g/mol. The first-order valence-electron chi connectivity index (χ1n) is 11.0. The molecule has 0 unspecified atom stereocenters.